The molecular weight excluding hydrogens is 358 g/mol. The smallest absolute Gasteiger partial charge is 0.387 e. The number of hydrogen-bond donors (Lipinski definition) is 0. The SMILES string of the molecule is CCCC1CCC(C2CCC(C[SiH2]c3ccccc3OC(F)F)CC2)CC1. The van der Waals surface area contributed by atoms with E-state index in [1.165, 1.54) is 70.3 Å². The fraction of sp³-hybridized carbons (Fsp3) is 0.739. The zero-order valence-corrected chi connectivity index (χ0v) is 18.3. The molecule has 0 N–H and O–H groups in total. The summed E-state index contributed by atoms with van der Waals surface area (Å²) in [5.74, 6) is 4.17. The van der Waals surface area contributed by atoms with E-state index in [4.69, 9.17) is 4.74 Å². The van der Waals surface area contributed by atoms with Gasteiger partial charge in [0, 0.05) is 0 Å². The Kier molecular flexibility index (Phi) is 8.17. The average Bonchev–Trinajstić information content (AvgIpc) is 2.68. The first-order valence-corrected chi connectivity index (χ1v) is 12.9. The van der Waals surface area contributed by atoms with Crippen molar-refractivity contribution in [1.29, 1.82) is 0 Å². The highest BCUT2D eigenvalue weighted by atomic mass is 28.2. The molecule has 152 valence electrons. The maximum absolute atomic E-state index is 12.6. The predicted octanol–water partition coefficient (Wildman–Crippen LogP) is 5.91. The molecule has 0 atom stereocenters. The molecule has 27 heavy (non-hydrogen) atoms. The second kappa shape index (κ2) is 10.6. The largest absolute Gasteiger partial charge is 0.435 e. The van der Waals surface area contributed by atoms with Gasteiger partial charge in [0.1, 0.15) is 5.75 Å². The van der Waals surface area contributed by atoms with Gasteiger partial charge in [0.2, 0.25) is 0 Å². The van der Waals surface area contributed by atoms with Crippen molar-refractivity contribution in [2.75, 3.05) is 0 Å². The maximum atomic E-state index is 12.6. The summed E-state index contributed by atoms with van der Waals surface area (Å²) in [5, 5.41) is 1.06. The zero-order valence-electron chi connectivity index (χ0n) is 16.8. The van der Waals surface area contributed by atoms with Gasteiger partial charge in [-0.15, -0.1) is 0 Å². The third-order valence-electron chi connectivity index (χ3n) is 7.16. The maximum Gasteiger partial charge on any atom is 0.387 e. The van der Waals surface area contributed by atoms with E-state index >= 15 is 0 Å². The highest BCUT2D eigenvalue weighted by Gasteiger charge is 2.30. The topological polar surface area (TPSA) is 9.23 Å². The van der Waals surface area contributed by atoms with Crippen LogP contribution in [0, 0.1) is 23.7 Å². The monoisotopic (exact) mass is 394 g/mol. The van der Waals surface area contributed by atoms with Gasteiger partial charge in [0.25, 0.3) is 0 Å². The molecule has 0 heterocycles. The highest BCUT2D eigenvalue weighted by molar-refractivity contribution is 6.54. The van der Waals surface area contributed by atoms with Crippen LogP contribution in [0.25, 0.3) is 0 Å². The van der Waals surface area contributed by atoms with Crippen molar-refractivity contribution in [3.8, 4) is 5.75 Å². The third-order valence-corrected chi connectivity index (χ3v) is 9.39. The Morgan fingerprint density at radius 1 is 0.926 bits per heavy atom. The Bertz CT molecular complexity index is 549. The lowest BCUT2D eigenvalue weighted by molar-refractivity contribution is -0.0491. The number of para-hydroxylation sites is 1. The summed E-state index contributed by atoms with van der Waals surface area (Å²) in [7, 11) is -0.539. The van der Waals surface area contributed by atoms with Crippen molar-refractivity contribution in [2.45, 2.75) is 83.8 Å². The first-order chi connectivity index (χ1) is 13.2. The molecule has 4 heteroatoms. The summed E-state index contributed by atoms with van der Waals surface area (Å²) >= 11 is 0. The van der Waals surface area contributed by atoms with E-state index in [2.05, 4.69) is 6.92 Å². The molecule has 2 fully saturated rings. The number of hydrogen-bond acceptors (Lipinski definition) is 1. The normalized spacial score (nSPS) is 29.5. The summed E-state index contributed by atoms with van der Waals surface area (Å²) in [6, 6.07) is 8.66. The number of halogens is 2. The van der Waals surface area contributed by atoms with Gasteiger partial charge in [-0.1, -0.05) is 69.7 Å². The van der Waals surface area contributed by atoms with Crippen molar-refractivity contribution in [1.82, 2.24) is 0 Å². The van der Waals surface area contributed by atoms with Crippen LogP contribution in [0.4, 0.5) is 8.78 Å². The Morgan fingerprint density at radius 2 is 1.52 bits per heavy atom. The van der Waals surface area contributed by atoms with E-state index in [1.807, 2.05) is 12.1 Å². The molecule has 1 nitrogen and oxygen atoms in total. The van der Waals surface area contributed by atoms with E-state index < -0.39 is 16.1 Å². The highest BCUT2D eigenvalue weighted by Crippen LogP contribution is 2.42. The van der Waals surface area contributed by atoms with Gasteiger partial charge < -0.3 is 4.74 Å². The Labute approximate surface area is 166 Å². The molecule has 2 aliphatic carbocycles. The molecule has 1 aromatic carbocycles. The minimum Gasteiger partial charge on any atom is -0.435 e. The Hall–Kier alpha value is -0.903. The first-order valence-electron chi connectivity index (χ1n) is 11.2. The summed E-state index contributed by atoms with van der Waals surface area (Å²) in [4.78, 5) is 0. The van der Waals surface area contributed by atoms with Gasteiger partial charge in [-0.05, 0) is 60.6 Å². The summed E-state index contributed by atoms with van der Waals surface area (Å²) in [5.41, 5.74) is 0. The van der Waals surface area contributed by atoms with Gasteiger partial charge in [0.05, 0.1) is 9.52 Å². The molecule has 2 aliphatic rings. The molecule has 3 rings (SSSR count). The quantitative estimate of drug-likeness (QED) is 0.498. The van der Waals surface area contributed by atoms with E-state index in [-0.39, 0.29) is 0 Å². The number of benzene rings is 1. The second-order valence-corrected chi connectivity index (χ2v) is 10.7. The van der Waals surface area contributed by atoms with E-state index in [0.717, 1.165) is 28.9 Å². The molecule has 0 aliphatic heterocycles. The summed E-state index contributed by atoms with van der Waals surface area (Å²) in [6.07, 6.45) is 14.1. The fourth-order valence-corrected chi connectivity index (χ4v) is 7.63. The van der Waals surface area contributed by atoms with Crippen molar-refractivity contribution >= 4 is 14.7 Å². The zero-order chi connectivity index (χ0) is 19.1. The first kappa shape index (κ1) is 20.8. The van der Waals surface area contributed by atoms with E-state index in [1.54, 1.807) is 12.1 Å². The van der Waals surface area contributed by atoms with Gasteiger partial charge in [-0.3, -0.25) is 0 Å². The van der Waals surface area contributed by atoms with Crippen molar-refractivity contribution < 1.29 is 13.5 Å². The van der Waals surface area contributed by atoms with Crippen LogP contribution in [0.1, 0.15) is 71.1 Å². The van der Waals surface area contributed by atoms with Gasteiger partial charge >= 0.3 is 6.61 Å². The number of rotatable bonds is 8. The van der Waals surface area contributed by atoms with Gasteiger partial charge in [0.15, 0.2) is 0 Å². The van der Waals surface area contributed by atoms with Crippen LogP contribution in [0.3, 0.4) is 0 Å². The van der Waals surface area contributed by atoms with Crippen molar-refractivity contribution in [3.63, 3.8) is 0 Å². The number of alkyl halides is 2. The molecule has 0 aromatic heterocycles. The standard InChI is InChI=1S/C23H36F2OSi/c1-2-5-17-8-12-19(13-9-17)20-14-10-18(11-15-20)16-27-22-7-4-3-6-21(22)26-23(24)25/h3-4,6-7,17-20,23H,2,5,8-16,27H2,1H3. The minimum absolute atomic E-state index is 0.414. The predicted molar refractivity (Wildman–Crippen MR) is 112 cm³/mol. The molecule has 0 radical (unpaired) electrons. The van der Waals surface area contributed by atoms with Crippen LogP contribution in [0.2, 0.25) is 6.04 Å². The molecule has 0 saturated heterocycles. The van der Waals surface area contributed by atoms with Crippen molar-refractivity contribution in [3.05, 3.63) is 24.3 Å². The van der Waals surface area contributed by atoms with Crippen LogP contribution in [0.15, 0.2) is 24.3 Å². The lowest BCUT2D eigenvalue weighted by Crippen LogP contribution is -2.27. The lowest BCUT2D eigenvalue weighted by Gasteiger charge is -2.38. The van der Waals surface area contributed by atoms with Crippen LogP contribution in [-0.2, 0) is 0 Å². The second-order valence-electron chi connectivity index (χ2n) is 8.88. The van der Waals surface area contributed by atoms with Gasteiger partial charge in [-0.25, -0.2) is 0 Å². The van der Waals surface area contributed by atoms with Crippen LogP contribution in [0.5, 0.6) is 5.75 Å². The van der Waals surface area contributed by atoms with Crippen LogP contribution < -0.4 is 9.92 Å². The summed E-state index contributed by atoms with van der Waals surface area (Å²) in [6.45, 7) is -0.405. The molecule has 0 unspecified atom stereocenters. The molecule has 0 spiro atoms. The number of ether oxygens (including phenoxy) is 1. The average molecular weight is 395 g/mol. The molecule has 0 amide bonds. The Morgan fingerprint density at radius 3 is 2.11 bits per heavy atom. The van der Waals surface area contributed by atoms with Crippen LogP contribution >= 0.6 is 0 Å². The minimum atomic E-state index is -2.72. The van der Waals surface area contributed by atoms with E-state index in [0.29, 0.717) is 5.75 Å². The summed E-state index contributed by atoms with van der Waals surface area (Å²) < 4.78 is 29.9. The fourth-order valence-electron chi connectivity index (χ4n) is 5.59. The molecule has 2 saturated carbocycles. The van der Waals surface area contributed by atoms with Crippen LogP contribution in [-0.4, -0.2) is 16.1 Å². The molecule has 1 aromatic rings. The van der Waals surface area contributed by atoms with Crippen molar-refractivity contribution in [2.24, 2.45) is 23.7 Å². The van der Waals surface area contributed by atoms with E-state index in [9.17, 15) is 8.78 Å². The lowest BCUT2D eigenvalue weighted by atomic mass is 9.69. The molecule has 0 bridgehead atoms. The van der Waals surface area contributed by atoms with Gasteiger partial charge in [-0.2, -0.15) is 8.78 Å². The Balaban J connectivity index is 1.40. The third kappa shape index (κ3) is 6.30. The molecular formula is C23H36F2OSi.